The minimum absolute atomic E-state index is 0.0844. The van der Waals surface area contributed by atoms with E-state index in [1.54, 1.807) is 7.11 Å². The summed E-state index contributed by atoms with van der Waals surface area (Å²) in [4.78, 5) is 11.9. The molecule has 4 nitrogen and oxygen atoms in total. The van der Waals surface area contributed by atoms with Crippen molar-refractivity contribution >= 4 is 5.91 Å². The van der Waals surface area contributed by atoms with Crippen LogP contribution in [0.1, 0.15) is 46.5 Å². The number of carbonyl (C=O) groups is 1. The lowest BCUT2D eigenvalue weighted by Gasteiger charge is -2.24. The van der Waals surface area contributed by atoms with Gasteiger partial charge in [-0.15, -0.1) is 0 Å². The van der Waals surface area contributed by atoms with Crippen molar-refractivity contribution in [2.45, 2.75) is 70.7 Å². The summed E-state index contributed by atoms with van der Waals surface area (Å²) >= 11 is 0. The first-order valence-electron chi connectivity index (χ1n) is 6.67. The fraction of sp³-hybridized carbons (Fsp3) is 0.923. The summed E-state index contributed by atoms with van der Waals surface area (Å²) in [6.45, 7) is 6.02. The van der Waals surface area contributed by atoms with Crippen molar-refractivity contribution in [2.75, 3.05) is 7.11 Å². The van der Waals surface area contributed by atoms with Gasteiger partial charge >= 0.3 is 0 Å². The van der Waals surface area contributed by atoms with Crippen LogP contribution in [0.3, 0.4) is 0 Å². The number of hydrogen-bond donors (Lipinski definition) is 2. The van der Waals surface area contributed by atoms with Gasteiger partial charge in [0.15, 0.2) is 0 Å². The van der Waals surface area contributed by atoms with Gasteiger partial charge in [-0.1, -0.05) is 6.92 Å². The maximum atomic E-state index is 11.9. The van der Waals surface area contributed by atoms with E-state index in [1.807, 2.05) is 13.8 Å². The average Bonchev–Trinajstić information content (AvgIpc) is 2.75. The summed E-state index contributed by atoms with van der Waals surface area (Å²) in [5, 5.41) is 6.37. The van der Waals surface area contributed by atoms with E-state index in [4.69, 9.17) is 4.74 Å². The van der Waals surface area contributed by atoms with Crippen LogP contribution in [0.15, 0.2) is 0 Å². The number of ether oxygens (including phenoxy) is 1. The first-order valence-corrected chi connectivity index (χ1v) is 6.67. The van der Waals surface area contributed by atoms with E-state index in [-0.39, 0.29) is 24.1 Å². The molecule has 0 saturated heterocycles. The summed E-state index contributed by atoms with van der Waals surface area (Å²) in [6.07, 6.45) is 4.58. The quantitative estimate of drug-likeness (QED) is 0.741. The maximum absolute atomic E-state index is 11.9. The van der Waals surface area contributed by atoms with Crippen molar-refractivity contribution in [1.29, 1.82) is 0 Å². The van der Waals surface area contributed by atoms with Gasteiger partial charge in [0.25, 0.3) is 0 Å². The Morgan fingerprint density at radius 1 is 1.41 bits per heavy atom. The molecule has 0 radical (unpaired) electrons. The highest BCUT2D eigenvalue weighted by Crippen LogP contribution is 2.21. The van der Waals surface area contributed by atoms with Crippen LogP contribution in [0, 0.1) is 0 Å². The molecule has 1 saturated carbocycles. The lowest BCUT2D eigenvalue weighted by atomic mass is 10.1. The van der Waals surface area contributed by atoms with Gasteiger partial charge in [0.05, 0.1) is 12.1 Å². The molecule has 0 aromatic heterocycles. The molecule has 0 spiro atoms. The normalized spacial score (nSPS) is 27.8. The highest BCUT2D eigenvalue weighted by molar-refractivity contribution is 5.81. The maximum Gasteiger partial charge on any atom is 0.237 e. The number of amides is 1. The summed E-state index contributed by atoms with van der Waals surface area (Å²) in [5.74, 6) is 0.0844. The zero-order valence-corrected chi connectivity index (χ0v) is 11.5. The Morgan fingerprint density at radius 2 is 2.12 bits per heavy atom. The summed E-state index contributed by atoms with van der Waals surface area (Å²) in [5.41, 5.74) is 0. The molecule has 2 N–H and O–H groups in total. The zero-order chi connectivity index (χ0) is 12.8. The van der Waals surface area contributed by atoms with Crippen molar-refractivity contribution in [3.05, 3.63) is 0 Å². The van der Waals surface area contributed by atoms with Crippen LogP contribution >= 0.6 is 0 Å². The Morgan fingerprint density at radius 3 is 2.71 bits per heavy atom. The van der Waals surface area contributed by atoms with E-state index >= 15 is 0 Å². The van der Waals surface area contributed by atoms with Crippen molar-refractivity contribution in [2.24, 2.45) is 0 Å². The predicted octanol–water partition coefficient (Wildman–Crippen LogP) is 1.45. The molecule has 4 heteroatoms. The van der Waals surface area contributed by atoms with Crippen molar-refractivity contribution in [3.63, 3.8) is 0 Å². The average molecular weight is 242 g/mol. The second-order valence-corrected chi connectivity index (χ2v) is 5.02. The molecule has 0 heterocycles. The lowest BCUT2D eigenvalue weighted by Crippen LogP contribution is -2.50. The van der Waals surface area contributed by atoms with Gasteiger partial charge in [-0.3, -0.25) is 4.79 Å². The van der Waals surface area contributed by atoms with Gasteiger partial charge in [-0.25, -0.2) is 0 Å². The molecular weight excluding hydrogens is 216 g/mol. The van der Waals surface area contributed by atoms with E-state index in [0.717, 1.165) is 19.3 Å². The predicted molar refractivity (Wildman–Crippen MR) is 68.9 cm³/mol. The topological polar surface area (TPSA) is 50.4 Å². The van der Waals surface area contributed by atoms with E-state index in [0.29, 0.717) is 6.04 Å². The smallest absolute Gasteiger partial charge is 0.237 e. The molecular formula is C13H26N2O2. The van der Waals surface area contributed by atoms with Gasteiger partial charge in [0.2, 0.25) is 5.91 Å². The minimum atomic E-state index is -0.148. The molecule has 0 aliphatic heterocycles. The molecule has 4 unspecified atom stereocenters. The lowest BCUT2D eigenvalue weighted by molar-refractivity contribution is -0.123. The molecule has 1 rings (SSSR count). The second kappa shape index (κ2) is 6.97. The van der Waals surface area contributed by atoms with E-state index < -0.39 is 0 Å². The largest absolute Gasteiger partial charge is 0.380 e. The van der Waals surface area contributed by atoms with Crippen LogP contribution in [0.25, 0.3) is 0 Å². The molecule has 0 bridgehead atoms. The third-order valence-electron chi connectivity index (χ3n) is 3.61. The summed E-state index contributed by atoms with van der Waals surface area (Å²) < 4.78 is 5.41. The van der Waals surface area contributed by atoms with E-state index in [2.05, 4.69) is 17.6 Å². The Kier molecular flexibility index (Phi) is 5.92. The van der Waals surface area contributed by atoms with Crippen LogP contribution in [0.4, 0.5) is 0 Å². The van der Waals surface area contributed by atoms with Crippen LogP contribution < -0.4 is 10.6 Å². The highest BCUT2D eigenvalue weighted by atomic mass is 16.5. The van der Waals surface area contributed by atoms with Crippen LogP contribution in [-0.4, -0.2) is 37.2 Å². The molecule has 4 atom stereocenters. The van der Waals surface area contributed by atoms with Crippen molar-refractivity contribution in [3.8, 4) is 0 Å². The standard InChI is InChI=1S/C13H26N2O2/c1-5-9(2)14-13(16)10(3)15-11-7-6-8-12(11)17-4/h9-12,15H,5-8H2,1-4H3,(H,14,16). The van der Waals surface area contributed by atoms with Crippen LogP contribution in [0.2, 0.25) is 0 Å². The van der Waals surface area contributed by atoms with Crippen molar-refractivity contribution < 1.29 is 9.53 Å². The van der Waals surface area contributed by atoms with Gasteiger partial charge in [0.1, 0.15) is 0 Å². The Bertz CT molecular complexity index is 246. The van der Waals surface area contributed by atoms with Crippen LogP contribution in [0.5, 0.6) is 0 Å². The summed E-state index contributed by atoms with van der Waals surface area (Å²) in [7, 11) is 1.74. The zero-order valence-electron chi connectivity index (χ0n) is 11.5. The third-order valence-corrected chi connectivity index (χ3v) is 3.61. The third kappa shape index (κ3) is 4.28. The minimum Gasteiger partial charge on any atom is -0.380 e. The molecule has 1 aliphatic rings. The molecule has 1 fully saturated rings. The number of rotatable bonds is 6. The molecule has 1 aliphatic carbocycles. The molecule has 17 heavy (non-hydrogen) atoms. The Hall–Kier alpha value is -0.610. The Labute approximate surface area is 104 Å². The van der Waals surface area contributed by atoms with Gasteiger partial charge in [-0.05, 0) is 39.5 Å². The number of hydrogen-bond acceptors (Lipinski definition) is 3. The Balaban J connectivity index is 2.37. The molecule has 1 amide bonds. The molecule has 100 valence electrons. The SMILES string of the molecule is CCC(C)NC(=O)C(C)NC1CCCC1OC. The number of methoxy groups -OCH3 is 1. The first-order chi connectivity index (χ1) is 8.08. The summed E-state index contributed by atoms with van der Waals surface area (Å²) in [6, 6.07) is 0.413. The molecule has 0 aromatic carbocycles. The fourth-order valence-corrected chi connectivity index (χ4v) is 2.27. The van der Waals surface area contributed by atoms with Crippen molar-refractivity contribution in [1.82, 2.24) is 10.6 Å². The van der Waals surface area contributed by atoms with Crippen LogP contribution in [-0.2, 0) is 9.53 Å². The fourth-order valence-electron chi connectivity index (χ4n) is 2.27. The molecule has 0 aromatic rings. The number of nitrogens with one attached hydrogen (secondary N) is 2. The van der Waals surface area contributed by atoms with E-state index in [1.165, 1.54) is 6.42 Å². The van der Waals surface area contributed by atoms with Gasteiger partial charge < -0.3 is 15.4 Å². The van der Waals surface area contributed by atoms with E-state index in [9.17, 15) is 4.79 Å². The highest BCUT2D eigenvalue weighted by Gasteiger charge is 2.29. The van der Waals surface area contributed by atoms with Gasteiger partial charge in [0, 0.05) is 19.2 Å². The number of carbonyl (C=O) groups excluding carboxylic acids is 1. The first kappa shape index (κ1) is 14.5. The second-order valence-electron chi connectivity index (χ2n) is 5.02. The van der Waals surface area contributed by atoms with Gasteiger partial charge in [-0.2, -0.15) is 0 Å². The monoisotopic (exact) mass is 242 g/mol.